The predicted molar refractivity (Wildman–Crippen MR) is 75.7 cm³/mol. The second kappa shape index (κ2) is 6.23. The number of primary amides is 1. The summed E-state index contributed by atoms with van der Waals surface area (Å²) in [4.78, 5) is 11.8. The first-order valence-corrected chi connectivity index (χ1v) is 7.74. The summed E-state index contributed by atoms with van der Waals surface area (Å²) in [5.74, 6) is 0.746. The van der Waals surface area contributed by atoms with Crippen molar-refractivity contribution in [1.29, 1.82) is 0 Å². The van der Waals surface area contributed by atoms with Crippen LogP contribution in [0, 0.1) is 11.8 Å². The maximum Gasteiger partial charge on any atom is 0.240 e. The lowest BCUT2D eigenvalue weighted by atomic mass is 9.84. The Labute approximate surface area is 116 Å². The first-order chi connectivity index (χ1) is 9.14. The standard InChI is InChI=1S/C15H28N2O2/c1-3-11-6-4-5-7-13(11)19-10-15(17-2,14(16)18)12-8-9-12/h11-13,17H,3-10H2,1-2H3,(H2,16,18). The quantitative estimate of drug-likeness (QED) is 0.740. The molecule has 2 aliphatic rings. The third kappa shape index (κ3) is 3.11. The van der Waals surface area contributed by atoms with Crippen LogP contribution in [-0.4, -0.2) is 31.2 Å². The third-order valence-electron chi connectivity index (χ3n) is 5.05. The van der Waals surface area contributed by atoms with Gasteiger partial charge in [-0.3, -0.25) is 4.79 Å². The molecule has 2 rings (SSSR count). The van der Waals surface area contributed by atoms with Gasteiger partial charge in [-0.1, -0.05) is 26.2 Å². The number of nitrogens with one attached hydrogen (secondary N) is 1. The molecule has 3 N–H and O–H groups in total. The van der Waals surface area contributed by atoms with Gasteiger partial charge in [-0.25, -0.2) is 0 Å². The minimum absolute atomic E-state index is 0.263. The predicted octanol–water partition coefficient (Wildman–Crippen LogP) is 1.83. The molecule has 0 aromatic heterocycles. The van der Waals surface area contributed by atoms with Crippen molar-refractivity contribution >= 4 is 5.91 Å². The van der Waals surface area contributed by atoms with Gasteiger partial charge in [0, 0.05) is 0 Å². The van der Waals surface area contributed by atoms with E-state index in [4.69, 9.17) is 10.5 Å². The summed E-state index contributed by atoms with van der Waals surface area (Å²) in [6.07, 6.45) is 8.57. The normalized spacial score (nSPS) is 30.8. The fraction of sp³-hybridized carbons (Fsp3) is 0.933. The average Bonchev–Trinajstić information content (AvgIpc) is 3.25. The van der Waals surface area contributed by atoms with E-state index in [1.165, 1.54) is 19.3 Å². The van der Waals surface area contributed by atoms with Gasteiger partial charge in [-0.15, -0.1) is 0 Å². The minimum atomic E-state index is -0.643. The molecule has 0 saturated heterocycles. The number of hydrogen-bond donors (Lipinski definition) is 2. The number of carbonyl (C=O) groups excluding carboxylic acids is 1. The van der Waals surface area contributed by atoms with Crippen molar-refractivity contribution in [2.45, 2.75) is 63.5 Å². The molecule has 0 aliphatic heterocycles. The molecule has 0 spiro atoms. The summed E-state index contributed by atoms with van der Waals surface area (Å²) in [7, 11) is 1.82. The summed E-state index contributed by atoms with van der Waals surface area (Å²) in [6.45, 7) is 2.66. The summed E-state index contributed by atoms with van der Waals surface area (Å²) in [6, 6.07) is 0. The van der Waals surface area contributed by atoms with E-state index >= 15 is 0 Å². The Morgan fingerprint density at radius 2 is 2.00 bits per heavy atom. The molecule has 2 saturated carbocycles. The van der Waals surface area contributed by atoms with Crippen LogP contribution in [0.15, 0.2) is 0 Å². The number of nitrogens with two attached hydrogens (primary N) is 1. The van der Waals surface area contributed by atoms with E-state index in [0.717, 1.165) is 25.7 Å². The summed E-state index contributed by atoms with van der Waals surface area (Å²) in [5, 5.41) is 3.15. The lowest BCUT2D eigenvalue weighted by Crippen LogP contribution is -2.59. The van der Waals surface area contributed by atoms with Gasteiger partial charge in [0.15, 0.2) is 0 Å². The molecule has 0 radical (unpaired) electrons. The third-order valence-corrected chi connectivity index (χ3v) is 5.05. The molecule has 4 heteroatoms. The van der Waals surface area contributed by atoms with Crippen molar-refractivity contribution in [3.05, 3.63) is 0 Å². The molecule has 19 heavy (non-hydrogen) atoms. The zero-order valence-electron chi connectivity index (χ0n) is 12.3. The van der Waals surface area contributed by atoms with Crippen LogP contribution in [-0.2, 0) is 9.53 Å². The van der Waals surface area contributed by atoms with Crippen molar-refractivity contribution in [2.75, 3.05) is 13.7 Å². The monoisotopic (exact) mass is 268 g/mol. The van der Waals surface area contributed by atoms with Crippen molar-refractivity contribution in [2.24, 2.45) is 17.6 Å². The fourth-order valence-corrected chi connectivity index (χ4v) is 3.46. The zero-order chi connectivity index (χ0) is 13.9. The molecule has 0 bridgehead atoms. The molecule has 3 atom stereocenters. The van der Waals surface area contributed by atoms with Gasteiger partial charge in [0.1, 0.15) is 5.54 Å². The second-order valence-corrected chi connectivity index (χ2v) is 6.16. The number of likely N-dealkylation sites (N-methyl/N-ethyl adjacent to an activating group) is 1. The Bertz CT molecular complexity index is 317. The molecular weight excluding hydrogens is 240 g/mol. The SMILES string of the molecule is CCC1CCCCC1OCC(NC)(C(N)=O)C1CC1. The van der Waals surface area contributed by atoms with Crippen molar-refractivity contribution < 1.29 is 9.53 Å². The summed E-state index contributed by atoms with van der Waals surface area (Å²) >= 11 is 0. The smallest absolute Gasteiger partial charge is 0.240 e. The highest BCUT2D eigenvalue weighted by molar-refractivity contribution is 5.85. The summed E-state index contributed by atoms with van der Waals surface area (Å²) in [5.41, 5.74) is 4.98. The van der Waals surface area contributed by atoms with Crippen LogP contribution in [0.1, 0.15) is 51.9 Å². The Balaban J connectivity index is 1.96. The van der Waals surface area contributed by atoms with E-state index in [1.54, 1.807) is 0 Å². The highest BCUT2D eigenvalue weighted by atomic mass is 16.5. The Kier molecular flexibility index (Phi) is 4.85. The lowest BCUT2D eigenvalue weighted by molar-refractivity contribution is -0.131. The van der Waals surface area contributed by atoms with Crippen LogP contribution in [0.5, 0.6) is 0 Å². The van der Waals surface area contributed by atoms with Gasteiger partial charge in [0.05, 0.1) is 12.7 Å². The molecule has 2 fully saturated rings. The second-order valence-electron chi connectivity index (χ2n) is 6.16. The molecule has 0 aromatic carbocycles. The van der Waals surface area contributed by atoms with E-state index in [1.807, 2.05) is 7.05 Å². The number of rotatable bonds is 7. The van der Waals surface area contributed by atoms with Gasteiger partial charge >= 0.3 is 0 Å². The largest absolute Gasteiger partial charge is 0.375 e. The van der Waals surface area contributed by atoms with E-state index < -0.39 is 5.54 Å². The first kappa shape index (κ1) is 14.8. The topological polar surface area (TPSA) is 64.3 Å². The van der Waals surface area contributed by atoms with Crippen molar-refractivity contribution in [3.63, 3.8) is 0 Å². The molecule has 1 amide bonds. The van der Waals surface area contributed by atoms with Gasteiger partial charge in [-0.2, -0.15) is 0 Å². The Morgan fingerprint density at radius 3 is 2.53 bits per heavy atom. The minimum Gasteiger partial charge on any atom is -0.375 e. The van der Waals surface area contributed by atoms with Crippen LogP contribution < -0.4 is 11.1 Å². The van der Waals surface area contributed by atoms with E-state index in [0.29, 0.717) is 24.5 Å². The molecule has 2 aliphatic carbocycles. The Morgan fingerprint density at radius 1 is 1.32 bits per heavy atom. The van der Waals surface area contributed by atoms with E-state index in [2.05, 4.69) is 12.2 Å². The van der Waals surface area contributed by atoms with Crippen LogP contribution >= 0.6 is 0 Å². The van der Waals surface area contributed by atoms with Crippen LogP contribution in [0.25, 0.3) is 0 Å². The lowest BCUT2D eigenvalue weighted by Gasteiger charge is -2.36. The van der Waals surface area contributed by atoms with Crippen LogP contribution in [0.2, 0.25) is 0 Å². The van der Waals surface area contributed by atoms with Crippen molar-refractivity contribution in [1.82, 2.24) is 5.32 Å². The van der Waals surface area contributed by atoms with Crippen LogP contribution in [0.3, 0.4) is 0 Å². The maximum atomic E-state index is 11.8. The molecular formula is C15H28N2O2. The number of ether oxygens (including phenoxy) is 1. The molecule has 0 heterocycles. The average molecular weight is 268 g/mol. The highest BCUT2D eigenvalue weighted by Gasteiger charge is 2.49. The van der Waals surface area contributed by atoms with Gasteiger partial charge in [0.25, 0.3) is 0 Å². The summed E-state index contributed by atoms with van der Waals surface area (Å²) < 4.78 is 6.14. The Hall–Kier alpha value is -0.610. The van der Waals surface area contributed by atoms with E-state index in [9.17, 15) is 4.79 Å². The van der Waals surface area contributed by atoms with E-state index in [-0.39, 0.29) is 5.91 Å². The number of hydrogen-bond acceptors (Lipinski definition) is 3. The van der Waals surface area contributed by atoms with Crippen molar-refractivity contribution in [3.8, 4) is 0 Å². The first-order valence-electron chi connectivity index (χ1n) is 7.74. The molecule has 0 aromatic rings. The molecule has 4 nitrogen and oxygen atoms in total. The van der Waals surface area contributed by atoms with Gasteiger partial charge in [0.2, 0.25) is 5.91 Å². The molecule has 110 valence electrons. The zero-order valence-corrected chi connectivity index (χ0v) is 12.3. The highest BCUT2D eigenvalue weighted by Crippen LogP contribution is 2.40. The maximum absolute atomic E-state index is 11.8. The number of amides is 1. The molecule has 3 unspecified atom stereocenters. The van der Waals surface area contributed by atoms with Gasteiger partial charge in [-0.05, 0) is 44.6 Å². The number of carbonyl (C=O) groups is 1. The van der Waals surface area contributed by atoms with Crippen LogP contribution in [0.4, 0.5) is 0 Å². The fourth-order valence-electron chi connectivity index (χ4n) is 3.46. The van der Waals surface area contributed by atoms with Gasteiger partial charge < -0.3 is 15.8 Å².